The third-order valence-corrected chi connectivity index (χ3v) is 7.09. The van der Waals surface area contributed by atoms with Crippen LogP contribution in [0.5, 0.6) is 11.5 Å². The number of pyridine rings is 1. The van der Waals surface area contributed by atoms with Gasteiger partial charge in [-0.25, -0.2) is 4.57 Å². The zero-order chi connectivity index (χ0) is 22.4. The van der Waals surface area contributed by atoms with Crippen molar-refractivity contribution in [3.05, 3.63) is 77.5 Å². The average Bonchev–Trinajstić information content (AvgIpc) is 2.75. The lowest BCUT2D eigenvalue weighted by Crippen LogP contribution is -2.32. The molecule has 0 unspecified atom stereocenters. The first-order valence-electron chi connectivity index (χ1n) is 11.4. The van der Waals surface area contributed by atoms with Gasteiger partial charge >= 0.3 is 0 Å². The second-order valence-electron chi connectivity index (χ2n) is 10.2. The Morgan fingerprint density at radius 3 is 2.25 bits per heavy atom. The van der Waals surface area contributed by atoms with Crippen LogP contribution >= 0.6 is 0 Å². The summed E-state index contributed by atoms with van der Waals surface area (Å²) in [6.45, 7) is 11.3. The van der Waals surface area contributed by atoms with E-state index in [0.717, 1.165) is 11.5 Å². The van der Waals surface area contributed by atoms with E-state index in [1.807, 2.05) is 0 Å². The van der Waals surface area contributed by atoms with Crippen molar-refractivity contribution in [2.45, 2.75) is 40.0 Å². The number of aromatic nitrogens is 1. The van der Waals surface area contributed by atoms with Gasteiger partial charge in [0.2, 0.25) is 5.69 Å². The molecule has 0 saturated carbocycles. The van der Waals surface area contributed by atoms with E-state index in [-0.39, 0.29) is 5.41 Å². The lowest BCUT2D eigenvalue weighted by atomic mass is 9.78. The van der Waals surface area contributed by atoms with Crippen LogP contribution < -0.4 is 9.30 Å². The van der Waals surface area contributed by atoms with Crippen molar-refractivity contribution in [3.8, 4) is 22.8 Å². The predicted molar refractivity (Wildman–Crippen MR) is 134 cm³/mol. The van der Waals surface area contributed by atoms with Gasteiger partial charge in [-0.05, 0) is 58.0 Å². The highest BCUT2D eigenvalue weighted by Crippen LogP contribution is 2.54. The van der Waals surface area contributed by atoms with E-state index in [4.69, 9.17) is 4.74 Å². The van der Waals surface area contributed by atoms with Gasteiger partial charge in [0.25, 0.3) is 0 Å². The summed E-state index contributed by atoms with van der Waals surface area (Å²) in [7, 11) is 2.15. The lowest BCUT2D eigenvalue weighted by Gasteiger charge is -2.30. The molecule has 4 aromatic carbocycles. The van der Waals surface area contributed by atoms with Crippen LogP contribution in [0.15, 0.2) is 60.8 Å². The molecule has 0 radical (unpaired) electrons. The smallest absolute Gasteiger partial charge is 0.228 e. The number of nitrogens with zero attached hydrogens (tertiary/aromatic N) is 1. The SMILES string of the molecule is Cc1c2c(c(C(C)(C)C)c3ccccc13)Oc1cc3c(C)cccc3c3cc[n+](C)c-2c13. The summed E-state index contributed by atoms with van der Waals surface area (Å²) < 4.78 is 9.17. The zero-order valence-corrected chi connectivity index (χ0v) is 19.6. The molecule has 158 valence electrons. The Morgan fingerprint density at radius 2 is 1.50 bits per heavy atom. The van der Waals surface area contributed by atoms with Crippen LogP contribution in [-0.2, 0) is 12.5 Å². The molecule has 1 aliphatic heterocycles. The maximum Gasteiger partial charge on any atom is 0.228 e. The van der Waals surface area contributed by atoms with E-state index in [1.54, 1.807) is 0 Å². The van der Waals surface area contributed by atoms with E-state index in [0.29, 0.717) is 0 Å². The van der Waals surface area contributed by atoms with Crippen LogP contribution in [0.2, 0.25) is 0 Å². The molecule has 2 nitrogen and oxygen atoms in total. The fourth-order valence-corrected chi connectivity index (χ4v) is 5.64. The number of hydrogen-bond donors (Lipinski definition) is 0. The van der Waals surface area contributed by atoms with Gasteiger partial charge in [-0.2, -0.15) is 0 Å². The molecule has 0 N–H and O–H groups in total. The van der Waals surface area contributed by atoms with Crippen molar-refractivity contribution in [3.63, 3.8) is 0 Å². The van der Waals surface area contributed by atoms with Crippen LogP contribution in [0.1, 0.15) is 37.5 Å². The molecule has 0 aliphatic carbocycles. The minimum absolute atomic E-state index is 0.0614. The quantitative estimate of drug-likeness (QED) is 0.182. The normalized spacial score (nSPS) is 12.9. The molecular weight excluding hydrogens is 390 g/mol. The summed E-state index contributed by atoms with van der Waals surface area (Å²) >= 11 is 0. The molecule has 32 heavy (non-hydrogen) atoms. The molecule has 6 rings (SSSR count). The van der Waals surface area contributed by atoms with E-state index >= 15 is 0 Å². The van der Waals surface area contributed by atoms with Gasteiger partial charge in [-0.15, -0.1) is 0 Å². The maximum atomic E-state index is 6.90. The highest BCUT2D eigenvalue weighted by molar-refractivity contribution is 6.16. The number of fused-ring (bicyclic) bond motifs is 5. The Hall–Kier alpha value is -3.39. The molecule has 5 aromatic rings. The van der Waals surface area contributed by atoms with Gasteiger partial charge < -0.3 is 4.74 Å². The first kappa shape index (κ1) is 19.3. The van der Waals surface area contributed by atoms with Crippen LogP contribution in [0, 0.1) is 13.8 Å². The lowest BCUT2D eigenvalue weighted by molar-refractivity contribution is -0.659. The fourth-order valence-electron chi connectivity index (χ4n) is 5.64. The monoisotopic (exact) mass is 418 g/mol. The fraction of sp³-hybridized carbons (Fsp3) is 0.233. The largest absolute Gasteiger partial charge is 0.455 e. The molecule has 0 amide bonds. The summed E-state index contributed by atoms with van der Waals surface area (Å²) in [4.78, 5) is 0. The average molecular weight is 419 g/mol. The first-order valence-corrected chi connectivity index (χ1v) is 11.4. The van der Waals surface area contributed by atoms with Crippen molar-refractivity contribution in [2.75, 3.05) is 0 Å². The van der Waals surface area contributed by atoms with E-state index in [9.17, 15) is 0 Å². The summed E-state index contributed by atoms with van der Waals surface area (Å²) in [5.41, 5.74) is 6.24. The highest BCUT2D eigenvalue weighted by atomic mass is 16.5. The van der Waals surface area contributed by atoms with Gasteiger partial charge in [-0.1, -0.05) is 63.2 Å². The van der Waals surface area contributed by atoms with Crippen molar-refractivity contribution >= 4 is 32.3 Å². The van der Waals surface area contributed by atoms with Gasteiger partial charge in [0.1, 0.15) is 18.5 Å². The van der Waals surface area contributed by atoms with E-state index in [2.05, 4.69) is 107 Å². The van der Waals surface area contributed by atoms with Gasteiger partial charge in [0.05, 0.1) is 10.9 Å². The summed E-state index contributed by atoms with van der Waals surface area (Å²) in [6, 6.07) is 19.8. The molecule has 1 aromatic heterocycles. The standard InChI is InChI=1S/C30H28NO/c1-17-10-9-13-20-21-14-15-31(6)28-25-18(2)19-11-7-8-12-22(19)27(30(3,4)5)29(25)32-24(26(21)28)16-23(17)20/h7-16H,1-6H3/q+1. The summed E-state index contributed by atoms with van der Waals surface area (Å²) in [5.74, 6) is 1.97. The number of ether oxygens (including phenoxy) is 1. The van der Waals surface area contributed by atoms with Gasteiger partial charge in [-0.3, -0.25) is 0 Å². The van der Waals surface area contributed by atoms with Crippen molar-refractivity contribution in [1.82, 2.24) is 0 Å². The van der Waals surface area contributed by atoms with Crippen LogP contribution in [0.3, 0.4) is 0 Å². The second kappa shape index (κ2) is 6.32. The molecule has 0 atom stereocenters. The highest BCUT2D eigenvalue weighted by Gasteiger charge is 2.36. The third kappa shape index (κ3) is 2.44. The van der Waals surface area contributed by atoms with Gasteiger partial charge in [0.15, 0.2) is 6.20 Å². The number of aryl methyl sites for hydroxylation is 3. The number of hydrogen-bond acceptors (Lipinski definition) is 1. The van der Waals surface area contributed by atoms with Crippen LogP contribution in [0.4, 0.5) is 0 Å². The Labute approximate surface area is 189 Å². The minimum atomic E-state index is -0.0614. The van der Waals surface area contributed by atoms with Crippen molar-refractivity contribution in [2.24, 2.45) is 7.05 Å². The van der Waals surface area contributed by atoms with Crippen LogP contribution in [0.25, 0.3) is 43.6 Å². The van der Waals surface area contributed by atoms with E-state index < -0.39 is 0 Å². The molecule has 1 aliphatic rings. The third-order valence-electron chi connectivity index (χ3n) is 7.09. The van der Waals surface area contributed by atoms with Crippen LogP contribution in [-0.4, -0.2) is 0 Å². The Bertz CT molecular complexity index is 1600. The topological polar surface area (TPSA) is 13.1 Å². The summed E-state index contributed by atoms with van der Waals surface area (Å²) in [6.07, 6.45) is 2.20. The Balaban J connectivity index is 1.89. The minimum Gasteiger partial charge on any atom is -0.455 e. The maximum absolute atomic E-state index is 6.90. The second-order valence-corrected chi connectivity index (χ2v) is 10.2. The van der Waals surface area contributed by atoms with Crippen molar-refractivity contribution < 1.29 is 9.30 Å². The molecular formula is C30H28NO+. The molecule has 2 heteroatoms. The molecule has 0 saturated heterocycles. The van der Waals surface area contributed by atoms with Gasteiger partial charge in [0, 0.05) is 17.0 Å². The molecule has 0 spiro atoms. The molecule has 0 bridgehead atoms. The predicted octanol–water partition coefficient (Wildman–Crippen LogP) is 7.66. The number of rotatable bonds is 0. The Morgan fingerprint density at radius 1 is 0.781 bits per heavy atom. The zero-order valence-electron chi connectivity index (χ0n) is 19.6. The first-order chi connectivity index (χ1) is 15.3. The van der Waals surface area contributed by atoms with Crippen molar-refractivity contribution in [1.29, 1.82) is 0 Å². The molecule has 2 heterocycles. The Kier molecular flexibility index (Phi) is 3.81. The summed E-state index contributed by atoms with van der Waals surface area (Å²) in [5, 5.41) is 7.59. The number of benzene rings is 4. The van der Waals surface area contributed by atoms with E-state index in [1.165, 1.54) is 60.3 Å². The molecule has 0 fully saturated rings.